The second-order valence-corrected chi connectivity index (χ2v) is 6.99. The van der Waals surface area contributed by atoms with Gasteiger partial charge in [0.15, 0.2) is 0 Å². The van der Waals surface area contributed by atoms with Crippen LogP contribution in [-0.4, -0.2) is 19.6 Å². The van der Waals surface area contributed by atoms with Crippen molar-refractivity contribution >= 4 is 17.4 Å². The lowest BCUT2D eigenvalue weighted by molar-refractivity contribution is 0.874. The maximum absolute atomic E-state index is 12.4. The van der Waals surface area contributed by atoms with Gasteiger partial charge in [-0.05, 0) is 36.1 Å². The first-order valence-corrected chi connectivity index (χ1v) is 9.72. The Morgan fingerprint density at radius 1 is 0.966 bits per heavy atom. The van der Waals surface area contributed by atoms with Crippen molar-refractivity contribution in [2.75, 3.05) is 10.6 Å². The van der Waals surface area contributed by atoms with Crippen LogP contribution in [0.4, 0.5) is 11.6 Å². The number of para-hydroxylation sites is 1. The van der Waals surface area contributed by atoms with Gasteiger partial charge in [0.1, 0.15) is 0 Å². The minimum absolute atomic E-state index is 0.190. The molecule has 148 valence electrons. The number of rotatable bonds is 7. The third-order valence-electron chi connectivity index (χ3n) is 4.88. The first kappa shape index (κ1) is 18.7. The Morgan fingerprint density at radius 2 is 1.72 bits per heavy atom. The molecule has 4 rings (SSSR count). The standard InChI is InChI=1S/C22H24N6O/c1-3-16-8-10-17(11-9-16)13-24-21-26-22-25-18(12-20(29)28(22)27-21)14-23-19-7-5-4-6-15(19)2/h4-12,23H,3,13-14H2,1-2H3,(H2,24,25,26,27). The fraction of sp³-hybridized carbons (Fsp3) is 0.227. The van der Waals surface area contributed by atoms with Crippen molar-refractivity contribution in [3.05, 3.63) is 87.3 Å². The van der Waals surface area contributed by atoms with Crippen LogP contribution in [0.1, 0.15) is 29.3 Å². The van der Waals surface area contributed by atoms with Crippen LogP contribution in [0.25, 0.3) is 5.78 Å². The average Bonchev–Trinajstić information content (AvgIpc) is 3.16. The quantitative estimate of drug-likeness (QED) is 0.451. The van der Waals surface area contributed by atoms with Gasteiger partial charge in [0.25, 0.3) is 11.3 Å². The molecule has 0 saturated carbocycles. The van der Waals surface area contributed by atoms with Crippen molar-refractivity contribution in [1.29, 1.82) is 0 Å². The zero-order valence-corrected chi connectivity index (χ0v) is 16.6. The lowest BCUT2D eigenvalue weighted by Crippen LogP contribution is -2.17. The third kappa shape index (κ3) is 4.29. The monoisotopic (exact) mass is 388 g/mol. The van der Waals surface area contributed by atoms with Crippen molar-refractivity contribution < 1.29 is 0 Å². The molecule has 4 aromatic rings. The summed E-state index contributed by atoms with van der Waals surface area (Å²) in [6.45, 7) is 5.24. The molecule has 0 spiro atoms. The molecule has 0 aliphatic heterocycles. The van der Waals surface area contributed by atoms with E-state index in [-0.39, 0.29) is 5.56 Å². The molecule has 0 fully saturated rings. The van der Waals surface area contributed by atoms with Crippen molar-refractivity contribution in [2.45, 2.75) is 33.4 Å². The van der Waals surface area contributed by atoms with E-state index in [0.717, 1.165) is 23.2 Å². The van der Waals surface area contributed by atoms with Gasteiger partial charge in [-0.1, -0.05) is 49.4 Å². The van der Waals surface area contributed by atoms with E-state index in [2.05, 4.69) is 56.9 Å². The second-order valence-electron chi connectivity index (χ2n) is 6.99. The van der Waals surface area contributed by atoms with Crippen molar-refractivity contribution in [2.24, 2.45) is 0 Å². The Balaban J connectivity index is 1.47. The predicted octanol–water partition coefficient (Wildman–Crippen LogP) is 3.51. The normalized spacial score (nSPS) is 11.0. The van der Waals surface area contributed by atoms with Gasteiger partial charge < -0.3 is 10.6 Å². The Morgan fingerprint density at radius 3 is 2.48 bits per heavy atom. The van der Waals surface area contributed by atoms with Crippen LogP contribution < -0.4 is 16.2 Å². The van der Waals surface area contributed by atoms with Gasteiger partial charge in [0.2, 0.25) is 5.95 Å². The molecule has 7 heteroatoms. The highest BCUT2D eigenvalue weighted by Crippen LogP contribution is 2.14. The first-order chi connectivity index (χ1) is 14.1. The Bertz CT molecular complexity index is 1180. The number of anilines is 2. The molecule has 2 aromatic heterocycles. The number of nitrogens with one attached hydrogen (secondary N) is 3. The van der Waals surface area contributed by atoms with E-state index in [9.17, 15) is 4.79 Å². The minimum Gasteiger partial charge on any atom is -0.379 e. The molecule has 2 aromatic carbocycles. The molecule has 0 bridgehead atoms. The van der Waals surface area contributed by atoms with E-state index in [1.165, 1.54) is 16.1 Å². The number of nitrogens with zero attached hydrogens (tertiary/aromatic N) is 3. The van der Waals surface area contributed by atoms with Gasteiger partial charge in [-0.3, -0.25) is 9.89 Å². The molecule has 0 saturated heterocycles. The van der Waals surface area contributed by atoms with Crippen molar-refractivity contribution in [3.8, 4) is 0 Å². The fourth-order valence-electron chi connectivity index (χ4n) is 3.13. The maximum atomic E-state index is 12.4. The predicted molar refractivity (Wildman–Crippen MR) is 115 cm³/mol. The number of fused-ring (bicyclic) bond motifs is 1. The number of benzene rings is 2. The van der Waals surface area contributed by atoms with Gasteiger partial charge in [0, 0.05) is 18.3 Å². The van der Waals surface area contributed by atoms with E-state index in [4.69, 9.17) is 0 Å². The highest BCUT2D eigenvalue weighted by Gasteiger charge is 2.08. The van der Waals surface area contributed by atoms with Gasteiger partial charge >= 0.3 is 0 Å². The lowest BCUT2D eigenvalue weighted by Gasteiger charge is -2.08. The number of hydrogen-bond donors (Lipinski definition) is 3. The summed E-state index contributed by atoms with van der Waals surface area (Å²) in [7, 11) is 0. The highest BCUT2D eigenvalue weighted by atomic mass is 16.1. The molecular formula is C22H24N6O. The lowest BCUT2D eigenvalue weighted by atomic mass is 10.1. The number of H-pyrrole nitrogens is 1. The molecule has 0 atom stereocenters. The van der Waals surface area contributed by atoms with Crippen LogP contribution in [-0.2, 0) is 19.5 Å². The average molecular weight is 388 g/mol. The summed E-state index contributed by atoms with van der Waals surface area (Å²) >= 11 is 0. The van der Waals surface area contributed by atoms with Gasteiger partial charge in [-0.15, -0.1) is 0 Å². The van der Waals surface area contributed by atoms with Gasteiger partial charge in [0.05, 0.1) is 12.2 Å². The number of aromatic nitrogens is 4. The first-order valence-electron chi connectivity index (χ1n) is 9.72. The fourth-order valence-corrected chi connectivity index (χ4v) is 3.13. The Hall–Kier alpha value is -3.61. The van der Waals surface area contributed by atoms with E-state index in [1.807, 2.05) is 31.2 Å². The van der Waals surface area contributed by atoms with E-state index >= 15 is 0 Å². The Labute approximate surface area is 168 Å². The topological polar surface area (TPSA) is 87.1 Å². The van der Waals surface area contributed by atoms with E-state index in [1.54, 1.807) is 0 Å². The zero-order valence-electron chi connectivity index (χ0n) is 16.6. The van der Waals surface area contributed by atoms with Crippen LogP contribution in [0.15, 0.2) is 59.4 Å². The van der Waals surface area contributed by atoms with Crippen LogP contribution in [0, 0.1) is 6.92 Å². The van der Waals surface area contributed by atoms with Crippen molar-refractivity contribution in [1.82, 2.24) is 19.6 Å². The highest BCUT2D eigenvalue weighted by molar-refractivity contribution is 5.50. The zero-order chi connectivity index (χ0) is 20.2. The molecule has 29 heavy (non-hydrogen) atoms. The number of aromatic amines is 1. The largest absolute Gasteiger partial charge is 0.379 e. The maximum Gasteiger partial charge on any atom is 0.274 e. The summed E-state index contributed by atoms with van der Waals surface area (Å²) in [6, 6.07) is 18.0. The molecule has 2 heterocycles. The second kappa shape index (κ2) is 8.18. The summed E-state index contributed by atoms with van der Waals surface area (Å²) in [5, 5.41) is 9.50. The SMILES string of the molecule is CCc1ccc(CNc2nc3nc(CNc4ccccc4C)cc(=O)n3[nH]2)cc1. The molecule has 0 amide bonds. The number of aryl methyl sites for hydroxylation is 2. The molecule has 0 aliphatic carbocycles. The smallest absolute Gasteiger partial charge is 0.274 e. The minimum atomic E-state index is -0.190. The molecular weight excluding hydrogens is 364 g/mol. The Kier molecular flexibility index (Phi) is 5.29. The van der Waals surface area contributed by atoms with Gasteiger partial charge in [-0.25, -0.2) is 4.98 Å². The van der Waals surface area contributed by atoms with Crippen LogP contribution in [0.5, 0.6) is 0 Å². The van der Waals surface area contributed by atoms with Crippen LogP contribution in [0.2, 0.25) is 0 Å². The molecule has 0 unspecified atom stereocenters. The van der Waals surface area contributed by atoms with E-state index in [0.29, 0.717) is 30.5 Å². The molecule has 0 aliphatic rings. The molecule has 0 radical (unpaired) electrons. The summed E-state index contributed by atoms with van der Waals surface area (Å²) < 4.78 is 1.35. The molecule has 7 nitrogen and oxygen atoms in total. The van der Waals surface area contributed by atoms with Crippen LogP contribution >= 0.6 is 0 Å². The number of hydrogen-bond acceptors (Lipinski definition) is 5. The third-order valence-corrected chi connectivity index (χ3v) is 4.88. The summed E-state index contributed by atoms with van der Waals surface area (Å²) in [6.07, 6.45) is 1.02. The van der Waals surface area contributed by atoms with E-state index < -0.39 is 0 Å². The van der Waals surface area contributed by atoms with Gasteiger partial charge in [-0.2, -0.15) is 9.50 Å². The molecule has 3 N–H and O–H groups in total. The van der Waals surface area contributed by atoms with Crippen LogP contribution in [0.3, 0.4) is 0 Å². The van der Waals surface area contributed by atoms with Crippen molar-refractivity contribution in [3.63, 3.8) is 0 Å². The summed E-state index contributed by atoms with van der Waals surface area (Å²) in [5.74, 6) is 0.862. The summed E-state index contributed by atoms with van der Waals surface area (Å²) in [4.78, 5) is 21.3. The summed E-state index contributed by atoms with van der Waals surface area (Å²) in [5.41, 5.74) is 5.07.